The van der Waals surface area contributed by atoms with Crippen molar-refractivity contribution in [2.45, 2.75) is 12.8 Å². The number of aromatic nitrogens is 2. The van der Waals surface area contributed by atoms with Gasteiger partial charge in [0.1, 0.15) is 0 Å². The highest BCUT2D eigenvalue weighted by Crippen LogP contribution is 2.21. The second-order valence-corrected chi connectivity index (χ2v) is 4.09. The number of nitrogens with zero attached hydrogens (tertiary/aromatic N) is 3. The number of primary amides is 1. The zero-order chi connectivity index (χ0) is 12.3. The Morgan fingerprint density at radius 1 is 1.65 bits per heavy atom. The maximum atomic E-state index is 11.2. The third kappa shape index (κ3) is 2.64. The Hall–Kier alpha value is -1.85. The standard InChI is InChI=1S/C11H16N4O2/c1-17-9-4-5-13-11(14-9)15-6-2-3-8(7-15)10(12)16/h4-5,8H,2-3,6-7H2,1H3,(H2,12,16)/t8-/m1/s1. The molecule has 0 saturated carbocycles. The molecule has 0 radical (unpaired) electrons. The van der Waals surface area contributed by atoms with Crippen molar-refractivity contribution in [2.24, 2.45) is 11.7 Å². The number of hydrogen-bond acceptors (Lipinski definition) is 5. The van der Waals surface area contributed by atoms with Crippen molar-refractivity contribution in [3.05, 3.63) is 12.3 Å². The summed E-state index contributed by atoms with van der Waals surface area (Å²) in [5, 5.41) is 0. The zero-order valence-corrected chi connectivity index (χ0v) is 9.80. The molecule has 1 aliphatic heterocycles. The van der Waals surface area contributed by atoms with Crippen molar-refractivity contribution in [3.63, 3.8) is 0 Å². The van der Waals surface area contributed by atoms with Crippen molar-refractivity contribution in [1.82, 2.24) is 9.97 Å². The maximum absolute atomic E-state index is 11.2. The van der Waals surface area contributed by atoms with Gasteiger partial charge in [0.05, 0.1) is 13.0 Å². The number of nitrogens with two attached hydrogens (primary N) is 1. The number of rotatable bonds is 3. The number of hydrogen-bond donors (Lipinski definition) is 1. The summed E-state index contributed by atoms with van der Waals surface area (Å²) in [5.74, 6) is 0.752. The lowest BCUT2D eigenvalue weighted by Crippen LogP contribution is -2.41. The van der Waals surface area contributed by atoms with Gasteiger partial charge in [-0.05, 0) is 12.8 Å². The number of carbonyl (C=O) groups excluding carboxylic acids is 1. The third-order valence-electron chi connectivity index (χ3n) is 2.93. The topological polar surface area (TPSA) is 81.3 Å². The fraction of sp³-hybridized carbons (Fsp3) is 0.545. The summed E-state index contributed by atoms with van der Waals surface area (Å²) >= 11 is 0. The molecule has 0 spiro atoms. The summed E-state index contributed by atoms with van der Waals surface area (Å²) in [4.78, 5) is 21.6. The van der Waals surface area contributed by atoms with Crippen molar-refractivity contribution in [3.8, 4) is 5.88 Å². The van der Waals surface area contributed by atoms with Gasteiger partial charge in [0.25, 0.3) is 0 Å². The van der Waals surface area contributed by atoms with Crippen LogP contribution in [0.1, 0.15) is 12.8 Å². The van der Waals surface area contributed by atoms with Gasteiger partial charge in [0, 0.05) is 25.4 Å². The number of ether oxygens (including phenoxy) is 1. The van der Waals surface area contributed by atoms with Crippen LogP contribution in [0.5, 0.6) is 5.88 Å². The predicted molar refractivity (Wildman–Crippen MR) is 62.7 cm³/mol. The van der Waals surface area contributed by atoms with Crippen LogP contribution in [0.15, 0.2) is 12.3 Å². The Balaban J connectivity index is 2.13. The Labute approximate surface area is 99.8 Å². The molecule has 1 amide bonds. The average molecular weight is 236 g/mol. The molecule has 0 bridgehead atoms. The minimum atomic E-state index is -0.252. The molecule has 0 aromatic carbocycles. The number of carbonyl (C=O) groups is 1. The molecule has 1 aromatic rings. The Kier molecular flexibility index (Phi) is 3.41. The van der Waals surface area contributed by atoms with E-state index in [1.54, 1.807) is 19.4 Å². The van der Waals surface area contributed by atoms with E-state index in [0.29, 0.717) is 18.4 Å². The first kappa shape index (κ1) is 11.6. The quantitative estimate of drug-likeness (QED) is 0.810. The predicted octanol–water partition coefficient (Wildman–Crippen LogP) is 0.187. The summed E-state index contributed by atoms with van der Waals surface area (Å²) in [6.45, 7) is 1.43. The minimum absolute atomic E-state index is 0.112. The van der Waals surface area contributed by atoms with Gasteiger partial charge in [-0.1, -0.05) is 0 Å². The molecule has 1 atom stereocenters. The molecule has 0 aliphatic carbocycles. The second kappa shape index (κ2) is 4.99. The number of anilines is 1. The molecule has 6 nitrogen and oxygen atoms in total. The molecule has 1 fully saturated rings. The number of amides is 1. The van der Waals surface area contributed by atoms with Crippen LogP contribution in [0.25, 0.3) is 0 Å². The summed E-state index contributed by atoms with van der Waals surface area (Å²) in [6, 6.07) is 1.69. The van der Waals surface area contributed by atoms with E-state index < -0.39 is 0 Å². The van der Waals surface area contributed by atoms with Gasteiger partial charge in [-0.3, -0.25) is 4.79 Å². The number of piperidine rings is 1. The third-order valence-corrected chi connectivity index (χ3v) is 2.93. The highest BCUT2D eigenvalue weighted by Gasteiger charge is 2.25. The lowest BCUT2D eigenvalue weighted by atomic mass is 9.98. The monoisotopic (exact) mass is 236 g/mol. The smallest absolute Gasteiger partial charge is 0.228 e. The second-order valence-electron chi connectivity index (χ2n) is 4.09. The number of methoxy groups -OCH3 is 1. The van der Waals surface area contributed by atoms with E-state index in [2.05, 4.69) is 9.97 Å². The van der Waals surface area contributed by atoms with Gasteiger partial charge < -0.3 is 15.4 Å². The van der Waals surface area contributed by atoms with E-state index in [1.807, 2.05) is 4.90 Å². The Morgan fingerprint density at radius 2 is 2.47 bits per heavy atom. The van der Waals surface area contributed by atoms with Crippen molar-refractivity contribution < 1.29 is 9.53 Å². The minimum Gasteiger partial charge on any atom is -0.481 e. The molecule has 1 aromatic heterocycles. The molecule has 2 heterocycles. The fourth-order valence-corrected chi connectivity index (χ4v) is 1.99. The Bertz CT molecular complexity index is 410. The normalized spacial score (nSPS) is 20.1. The first-order valence-corrected chi connectivity index (χ1v) is 5.62. The van der Waals surface area contributed by atoms with E-state index in [9.17, 15) is 4.79 Å². The van der Waals surface area contributed by atoms with Gasteiger partial charge in [-0.25, -0.2) is 4.98 Å². The molecule has 17 heavy (non-hydrogen) atoms. The van der Waals surface area contributed by atoms with Crippen LogP contribution in [0, 0.1) is 5.92 Å². The molecule has 1 aliphatic rings. The first-order valence-electron chi connectivity index (χ1n) is 5.62. The Morgan fingerprint density at radius 3 is 3.18 bits per heavy atom. The zero-order valence-electron chi connectivity index (χ0n) is 9.80. The first-order chi connectivity index (χ1) is 8.20. The lowest BCUT2D eigenvalue weighted by Gasteiger charge is -2.31. The molecule has 6 heteroatoms. The highest BCUT2D eigenvalue weighted by molar-refractivity contribution is 5.77. The van der Waals surface area contributed by atoms with Crippen molar-refractivity contribution >= 4 is 11.9 Å². The van der Waals surface area contributed by atoms with E-state index in [-0.39, 0.29) is 11.8 Å². The summed E-state index contributed by atoms with van der Waals surface area (Å²) in [7, 11) is 1.56. The average Bonchev–Trinajstić information content (AvgIpc) is 2.39. The molecular weight excluding hydrogens is 220 g/mol. The van der Waals surface area contributed by atoms with Crippen LogP contribution in [0.3, 0.4) is 0 Å². The fourth-order valence-electron chi connectivity index (χ4n) is 1.99. The van der Waals surface area contributed by atoms with Crippen molar-refractivity contribution in [2.75, 3.05) is 25.1 Å². The molecule has 1 saturated heterocycles. The van der Waals surface area contributed by atoms with Gasteiger partial charge in [-0.2, -0.15) is 4.98 Å². The molecule has 2 rings (SSSR count). The van der Waals surface area contributed by atoms with Crippen LogP contribution < -0.4 is 15.4 Å². The molecule has 0 unspecified atom stereocenters. The highest BCUT2D eigenvalue weighted by atomic mass is 16.5. The van der Waals surface area contributed by atoms with Gasteiger partial charge in [-0.15, -0.1) is 0 Å². The molecular formula is C11H16N4O2. The van der Waals surface area contributed by atoms with E-state index >= 15 is 0 Å². The van der Waals surface area contributed by atoms with Gasteiger partial charge in [0.2, 0.25) is 17.7 Å². The van der Waals surface area contributed by atoms with Gasteiger partial charge >= 0.3 is 0 Å². The summed E-state index contributed by atoms with van der Waals surface area (Å²) < 4.78 is 5.05. The summed E-state index contributed by atoms with van der Waals surface area (Å²) in [6.07, 6.45) is 3.42. The van der Waals surface area contributed by atoms with Crippen LogP contribution in [0.4, 0.5) is 5.95 Å². The van der Waals surface area contributed by atoms with Crippen LogP contribution in [-0.4, -0.2) is 36.1 Å². The lowest BCUT2D eigenvalue weighted by molar-refractivity contribution is -0.122. The molecule has 2 N–H and O–H groups in total. The van der Waals surface area contributed by atoms with Crippen LogP contribution >= 0.6 is 0 Å². The van der Waals surface area contributed by atoms with E-state index in [4.69, 9.17) is 10.5 Å². The van der Waals surface area contributed by atoms with E-state index in [1.165, 1.54) is 0 Å². The maximum Gasteiger partial charge on any atom is 0.228 e. The van der Waals surface area contributed by atoms with E-state index in [0.717, 1.165) is 19.4 Å². The van der Waals surface area contributed by atoms with Crippen LogP contribution in [-0.2, 0) is 4.79 Å². The van der Waals surface area contributed by atoms with Crippen LogP contribution in [0.2, 0.25) is 0 Å². The van der Waals surface area contributed by atoms with Crippen molar-refractivity contribution in [1.29, 1.82) is 0 Å². The largest absolute Gasteiger partial charge is 0.481 e. The SMILES string of the molecule is COc1ccnc(N2CCC[C@@H](C(N)=O)C2)n1. The summed E-state index contributed by atoms with van der Waals surface area (Å²) in [5.41, 5.74) is 5.33. The molecule has 92 valence electrons. The van der Waals surface area contributed by atoms with Gasteiger partial charge in [0.15, 0.2) is 0 Å².